The van der Waals surface area contributed by atoms with E-state index in [1.165, 1.54) is 6.07 Å². The number of anilines is 1. The Morgan fingerprint density at radius 2 is 1.65 bits per heavy atom. The molecule has 0 radical (unpaired) electrons. The lowest BCUT2D eigenvalue weighted by Gasteiger charge is -2.18. The number of rotatable bonds is 6. The zero-order chi connectivity index (χ0) is 16.9. The minimum absolute atomic E-state index is 0.00766. The smallest absolute Gasteiger partial charge is 0.332 e. The van der Waals surface area contributed by atoms with Crippen molar-refractivity contribution in [3.05, 3.63) is 60.2 Å². The average molecular weight is 335 g/mol. The Morgan fingerprint density at radius 3 is 2.26 bits per heavy atom. The molecule has 0 aliphatic rings. The van der Waals surface area contributed by atoms with Gasteiger partial charge in [0.2, 0.25) is 5.91 Å². The predicted octanol–water partition coefficient (Wildman–Crippen LogP) is 3.03. The minimum atomic E-state index is -4.38. The highest BCUT2D eigenvalue weighted by Crippen LogP contribution is 2.54. The molecule has 1 amide bonds. The lowest BCUT2D eigenvalue weighted by Crippen LogP contribution is -2.13. The Kier molecular flexibility index (Phi) is 5.55. The van der Waals surface area contributed by atoms with Gasteiger partial charge in [0.1, 0.15) is 5.75 Å². The van der Waals surface area contributed by atoms with E-state index in [4.69, 9.17) is 0 Å². The number of phenols is 1. The third-order valence-corrected chi connectivity index (χ3v) is 4.78. The Morgan fingerprint density at radius 1 is 1.04 bits per heavy atom. The Balaban J connectivity index is 2.03. The molecule has 2 aromatic carbocycles. The molecule has 6 nitrogen and oxygen atoms in total. The van der Waals surface area contributed by atoms with Gasteiger partial charge in [-0.3, -0.25) is 9.36 Å². The van der Waals surface area contributed by atoms with Gasteiger partial charge in [-0.15, -0.1) is 0 Å². The van der Waals surface area contributed by atoms with Crippen LogP contribution in [0.3, 0.4) is 0 Å². The van der Waals surface area contributed by atoms with Crippen molar-refractivity contribution in [2.75, 3.05) is 5.32 Å². The van der Waals surface area contributed by atoms with Crippen molar-refractivity contribution in [1.29, 1.82) is 0 Å². The molecule has 0 bridgehead atoms. The molecule has 0 saturated heterocycles. The van der Waals surface area contributed by atoms with E-state index >= 15 is 0 Å². The lowest BCUT2D eigenvalue weighted by atomic mass is 10.1. The minimum Gasteiger partial charge on any atom is -0.506 e. The van der Waals surface area contributed by atoms with Crippen LogP contribution in [0, 0.1) is 0 Å². The molecular weight excluding hydrogens is 317 g/mol. The summed E-state index contributed by atoms with van der Waals surface area (Å²) in [5.41, 5.74) is -0.264. The van der Waals surface area contributed by atoms with Gasteiger partial charge >= 0.3 is 7.60 Å². The Labute approximate surface area is 134 Å². The molecule has 2 rings (SSSR count). The molecule has 0 heterocycles. The molecule has 1 atom stereocenters. The van der Waals surface area contributed by atoms with E-state index in [0.29, 0.717) is 5.56 Å². The van der Waals surface area contributed by atoms with Gasteiger partial charge in [0.05, 0.1) is 11.3 Å². The van der Waals surface area contributed by atoms with Gasteiger partial charge in [-0.25, -0.2) is 0 Å². The van der Waals surface area contributed by atoms with Crippen molar-refractivity contribution in [3.63, 3.8) is 0 Å². The lowest BCUT2D eigenvalue weighted by molar-refractivity contribution is -0.116. The van der Waals surface area contributed by atoms with Gasteiger partial charge in [-0.1, -0.05) is 42.5 Å². The summed E-state index contributed by atoms with van der Waals surface area (Å²) in [5, 5.41) is 12.1. The second-order valence-corrected chi connectivity index (χ2v) is 6.92. The summed E-state index contributed by atoms with van der Waals surface area (Å²) < 4.78 is 11.7. The quantitative estimate of drug-likeness (QED) is 0.479. The molecule has 7 heteroatoms. The Bertz CT molecular complexity index is 713. The van der Waals surface area contributed by atoms with Gasteiger partial charge in [0.15, 0.2) is 0 Å². The van der Waals surface area contributed by atoms with Crippen LogP contribution in [0.2, 0.25) is 0 Å². The van der Waals surface area contributed by atoms with Gasteiger partial charge in [-0.2, -0.15) is 0 Å². The van der Waals surface area contributed by atoms with E-state index in [1.54, 1.807) is 48.5 Å². The van der Waals surface area contributed by atoms with E-state index in [-0.39, 0.29) is 24.3 Å². The van der Waals surface area contributed by atoms with Crippen LogP contribution in [0.4, 0.5) is 5.69 Å². The monoisotopic (exact) mass is 335 g/mol. The normalized spacial score (nSPS) is 12.6. The van der Waals surface area contributed by atoms with Crippen LogP contribution in [-0.4, -0.2) is 20.8 Å². The van der Waals surface area contributed by atoms with Crippen molar-refractivity contribution < 1.29 is 24.3 Å². The standard InChI is InChI=1S/C16H18NO5P/c18-14-9-5-4-8-13(14)17-16(19)11-10-15(23(20,21)22)12-6-2-1-3-7-12/h1-9,15,18H,10-11H2,(H,17,19)(H2,20,21,22). The number of phenolic OH excluding ortho intramolecular Hbond substituents is 1. The second-order valence-electron chi connectivity index (χ2n) is 5.12. The summed E-state index contributed by atoms with van der Waals surface area (Å²) in [4.78, 5) is 31.0. The third kappa shape index (κ3) is 4.93. The largest absolute Gasteiger partial charge is 0.506 e. The number of aromatic hydroxyl groups is 1. The molecule has 0 spiro atoms. The first kappa shape index (κ1) is 17.2. The van der Waals surface area contributed by atoms with Crippen molar-refractivity contribution in [2.24, 2.45) is 0 Å². The highest BCUT2D eigenvalue weighted by molar-refractivity contribution is 7.52. The molecule has 2 aromatic rings. The fraction of sp³-hybridized carbons (Fsp3) is 0.188. The predicted molar refractivity (Wildman–Crippen MR) is 87.2 cm³/mol. The van der Waals surface area contributed by atoms with Crippen molar-refractivity contribution in [3.8, 4) is 5.75 Å². The fourth-order valence-electron chi connectivity index (χ4n) is 2.26. The topological polar surface area (TPSA) is 107 Å². The van der Waals surface area contributed by atoms with Gasteiger partial charge in [-0.05, 0) is 24.1 Å². The van der Waals surface area contributed by atoms with Gasteiger partial charge in [0.25, 0.3) is 0 Å². The van der Waals surface area contributed by atoms with Crippen molar-refractivity contribution >= 4 is 19.2 Å². The maximum Gasteiger partial charge on any atom is 0.332 e. The first-order chi connectivity index (χ1) is 10.9. The molecule has 122 valence electrons. The van der Waals surface area contributed by atoms with E-state index in [9.17, 15) is 24.3 Å². The Hall–Kier alpha value is -2.14. The molecule has 23 heavy (non-hydrogen) atoms. The zero-order valence-electron chi connectivity index (χ0n) is 12.3. The van der Waals surface area contributed by atoms with E-state index in [0.717, 1.165) is 0 Å². The van der Waals surface area contributed by atoms with Gasteiger partial charge in [0, 0.05) is 6.42 Å². The molecule has 1 unspecified atom stereocenters. The third-order valence-electron chi connectivity index (χ3n) is 3.41. The highest BCUT2D eigenvalue weighted by atomic mass is 31.2. The summed E-state index contributed by atoms with van der Waals surface area (Å²) in [5.74, 6) is -0.476. The number of carbonyl (C=O) groups excluding carboxylic acids is 1. The zero-order valence-corrected chi connectivity index (χ0v) is 13.2. The maximum absolute atomic E-state index is 12.0. The van der Waals surface area contributed by atoms with E-state index in [2.05, 4.69) is 5.32 Å². The van der Waals surface area contributed by atoms with Crippen LogP contribution in [0.1, 0.15) is 24.1 Å². The van der Waals surface area contributed by atoms with E-state index < -0.39 is 19.2 Å². The first-order valence-corrected chi connectivity index (χ1v) is 8.74. The summed E-state index contributed by atoms with van der Waals surface area (Å²) in [6, 6.07) is 14.7. The number of carbonyl (C=O) groups is 1. The molecule has 0 aliphatic heterocycles. The number of amides is 1. The van der Waals surface area contributed by atoms with Gasteiger partial charge < -0.3 is 20.2 Å². The number of hydrogen-bond acceptors (Lipinski definition) is 3. The summed E-state index contributed by atoms with van der Waals surface area (Å²) >= 11 is 0. The fourth-order valence-corrected chi connectivity index (χ4v) is 3.29. The van der Waals surface area contributed by atoms with Crippen molar-refractivity contribution in [1.82, 2.24) is 0 Å². The molecule has 0 saturated carbocycles. The van der Waals surface area contributed by atoms with Crippen LogP contribution >= 0.6 is 7.60 Å². The van der Waals surface area contributed by atoms with Crippen LogP contribution in [0.15, 0.2) is 54.6 Å². The summed E-state index contributed by atoms with van der Waals surface area (Å²) in [7, 11) is -4.38. The van der Waals surface area contributed by atoms with Crippen LogP contribution < -0.4 is 5.32 Å². The van der Waals surface area contributed by atoms with E-state index in [1.807, 2.05) is 0 Å². The molecule has 0 aliphatic carbocycles. The first-order valence-electron chi connectivity index (χ1n) is 7.06. The number of para-hydroxylation sites is 2. The molecular formula is C16H18NO5P. The number of hydrogen-bond donors (Lipinski definition) is 4. The number of benzene rings is 2. The van der Waals surface area contributed by atoms with Crippen molar-refractivity contribution in [2.45, 2.75) is 18.5 Å². The maximum atomic E-state index is 12.0. The van der Waals surface area contributed by atoms with Crippen LogP contribution in [0.5, 0.6) is 5.75 Å². The highest BCUT2D eigenvalue weighted by Gasteiger charge is 2.30. The molecule has 4 N–H and O–H groups in total. The average Bonchev–Trinajstić information content (AvgIpc) is 2.49. The number of nitrogens with one attached hydrogen (secondary N) is 1. The van der Waals surface area contributed by atoms with Crippen LogP contribution in [-0.2, 0) is 9.36 Å². The summed E-state index contributed by atoms with van der Waals surface area (Å²) in [6.07, 6.45) is -0.0628. The molecule has 0 aromatic heterocycles. The summed E-state index contributed by atoms with van der Waals surface area (Å²) in [6.45, 7) is 0. The second kappa shape index (κ2) is 7.42. The van der Waals surface area contributed by atoms with Crippen LogP contribution in [0.25, 0.3) is 0 Å². The molecule has 0 fully saturated rings. The SMILES string of the molecule is O=C(CCC(c1ccccc1)P(=O)(O)O)Nc1ccccc1O.